The fourth-order valence-corrected chi connectivity index (χ4v) is 1.72. The van der Waals surface area contributed by atoms with Gasteiger partial charge in [0.05, 0.1) is 6.67 Å². The van der Waals surface area contributed by atoms with Crippen molar-refractivity contribution in [2.45, 2.75) is 6.54 Å². The number of hydrogen-bond donors (Lipinski definition) is 3. The molecule has 3 nitrogen and oxygen atoms in total. The van der Waals surface area contributed by atoms with Crippen LogP contribution in [-0.2, 0) is 6.54 Å². The highest BCUT2D eigenvalue weighted by atomic mass is 15.3. The van der Waals surface area contributed by atoms with Gasteiger partial charge in [0.2, 0.25) is 0 Å². The van der Waals surface area contributed by atoms with Gasteiger partial charge in [0, 0.05) is 6.54 Å². The second-order valence-electron chi connectivity index (χ2n) is 3.87. The zero-order valence-corrected chi connectivity index (χ0v) is 9.69. The van der Waals surface area contributed by atoms with Crippen LogP contribution in [0.5, 0.6) is 0 Å². The molecular formula is C14H17N3. The number of nitrogens with two attached hydrogens (primary N) is 1. The monoisotopic (exact) mass is 227 g/mol. The Balaban J connectivity index is 2.03. The predicted octanol–water partition coefficient (Wildman–Crippen LogP) is 1.86. The lowest BCUT2D eigenvalue weighted by Crippen LogP contribution is -2.33. The van der Waals surface area contributed by atoms with Crippen LogP contribution in [0.4, 0.5) is 0 Å². The molecule has 0 spiro atoms. The van der Waals surface area contributed by atoms with E-state index in [2.05, 4.69) is 59.3 Å². The smallest absolute Gasteiger partial charge is 0.0590 e. The van der Waals surface area contributed by atoms with Crippen LogP contribution in [-0.4, -0.2) is 6.67 Å². The molecule has 0 heterocycles. The van der Waals surface area contributed by atoms with Crippen LogP contribution in [0.15, 0.2) is 54.6 Å². The maximum absolute atomic E-state index is 5.18. The van der Waals surface area contributed by atoms with E-state index in [9.17, 15) is 0 Å². The SMILES string of the molecule is NNCNCc1ccc(-c2ccccc2)cc1. The molecular weight excluding hydrogens is 210 g/mol. The van der Waals surface area contributed by atoms with Gasteiger partial charge in [0.15, 0.2) is 0 Å². The van der Waals surface area contributed by atoms with Crippen molar-refractivity contribution in [1.82, 2.24) is 10.7 Å². The summed E-state index contributed by atoms with van der Waals surface area (Å²) in [6.07, 6.45) is 0. The Kier molecular flexibility index (Phi) is 4.27. The summed E-state index contributed by atoms with van der Waals surface area (Å²) < 4.78 is 0. The van der Waals surface area contributed by atoms with Gasteiger partial charge in [-0.2, -0.15) is 0 Å². The first-order valence-corrected chi connectivity index (χ1v) is 5.68. The molecule has 2 aromatic rings. The molecule has 17 heavy (non-hydrogen) atoms. The number of benzene rings is 2. The first kappa shape index (κ1) is 11.8. The average Bonchev–Trinajstić information content (AvgIpc) is 2.41. The molecule has 0 unspecified atom stereocenters. The third-order valence-corrected chi connectivity index (χ3v) is 2.62. The van der Waals surface area contributed by atoms with Crippen LogP contribution in [0.1, 0.15) is 5.56 Å². The second kappa shape index (κ2) is 6.15. The van der Waals surface area contributed by atoms with E-state index in [0.717, 1.165) is 6.54 Å². The topological polar surface area (TPSA) is 50.1 Å². The highest BCUT2D eigenvalue weighted by Gasteiger charge is 1.96. The van der Waals surface area contributed by atoms with E-state index in [1.54, 1.807) is 0 Å². The number of hydrogen-bond acceptors (Lipinski definition) is 3. The fraction of sp³-hybridized carbons (Fsp3) is 0.143. The molecule has 0 bridgehead atoms. The molecule has 0 fully saturated rings. The fourth-order valence-electron chi connectivity index (χ4n) is 1.72. The van der Waals surface area contributed by atoms with Crippen molar-refractivity contribution in [2.75, 3.05) is 6.67 Å². The highest BCUT2D eigenvalue weighted by Crippen LogP contribution is 2.18. The normalized spacial score (nSPS) is 10.4. The van der Waals surface area contributed by atoms with Gasteiger partial charge in [-0.1, -0.05) is 54.6 Å². The van der Waals surface area contributed by atoms with Gasteiger partial charge in [-0.05, 0) is 16.7 Å². The minimum atomic E-state index is 0.612. The van der Waals surface area contributed by atoms with Crippen LogP contribution < -0.4 is 16.6 Å². The first-order valence-electron chi connectivity index (χ1n) is 5.68. The van der Waals surface area contributed by atoms with E-state index in [0.29, 0.717) is 6.67 Å². The van der Waals surface area contributed by atoms with Gasteiger partial charge in [0.25, 0.3) is 0 Å². The third kappa shape index (κ3) is 3.39. The molecule has 0 aromatic heterocycles. The molecule has 0 aliphatic carbocycles. The van der Waals surface area contributed by atoms with Crippen molar-refractivity contribution in [3.05, 3.63) is 60.2 Å². The highest BCUT2D eigenvalue weighted by molar-refractivity contribution is 5.63. The lowest BCUT2D eigenvalue weighted by molar-refractivity contribution is 0.601. The summed E-state index contributed by atoms with van der Waals surface area (Å²) in [6, 6.07) is 18.9. The van der Waals surface area contributed by atoms with E-state index in [1.807, 2.05) is 6.07 Å². The number of nitrogens with one attached hydrogen (secondary N) is 2. The quantitative estimate of drug-likeness (QED) is 0.316. The summed E-state index contributed by atoms with van der Waals surface area (Å²) in [6.45, 7) is 1.43. The van der Waals surface area contributed by atoms with Gasteiger partial charge in [-0.25, -0.2) is 5.43 Å². The van der Waals surface area contributed by atoms with Crippen molar-refractivity contribution in [3.8, 4) is 11.1 Å². The van der Waals surface area contributed by atoms with Gasteiger partial charge < -0.3 is 0 Å². The van der Waals surface area contributed by atoms with Gasteiger partial charge >= 0.3 is 0 Å². The molecule has 4 N–H and O–H groups in total. The molecule has 2 aromatic carbocycles. The predicted molar refractivity (Wildman–Crippen MR) is 70.9 cm³/mol. The van der Waals surface area contributed by atoms with Crippen molar-refractivity contribution in [2.24, 2.45) is 5.84 Å². The maximum Gasteiger partial charge on any atom is 0.0590 e. The Hall–Kier alpha value is -1.68. The molecule has 88 valence electrons. The molecule has 2 rings (SSSR count). The summed E-state index contributed by atoms with van der Waals surface area (Å²) in [5.74, 6) is 5.18. The van der Waals surface area contributed by atoms with E-state index in [1.165, 1.54) is 16.7 Å². The summed E-state index contributed by atoms with van der Waals surface area (Å²) in [7, 11) is 0. The molecule has 0 saturated carbocycles. The van der Waals surface area contributed by atoms with Crippen molar-refractivity contribution >= 4 is 0 Å². The van der Waals surface area contributed by atoms with Crippen LogP contribution in [0, 0.1) is 0 Å². The first-order chi connectivity index (χ1) is 8.40. The van der Waals surface area contributed by atoms with Crippen molar-refractivity contribution in [1.29, 1.82) is 0 Å². The number of hydrazine groups is 1. The lowest BCUT2D eigenvalue weighted by atomic mass is 10.0. The summed E-state index contributed by atoms with van der Waals surface area (Å²) in [4.78, 5) is 0. The molecule has 0 amide bonds. The second-order valence-corrected chi connectivity index (χ2v) is 3.87. The van der Waals surface area contributed by atoms with Gasteiger partial charge in [-0.15, -0.1) is 0 Å². The van der Waals surface area contributed by atoms with E-state index < -0.39 is 0 Å². The third-order valence-electron chi connectivity index (χ3n) is 2.62. The zero-order valence-electron chi connectivity index (χ0n) is 9.69. The molecule has 3 heteroatoms. The van der Waals surface area contributed by atoms with Gasteiger partial charge in [0.1, 0.15) is 0 Å². The molecule has 0 atom stereocenters. The summed E-state index contributed by atoms with van der Waals surface area (Å²) >= 11 is 0. The van der Waals surface area contributed by atoms with Crippen molar-refractivity contribution in [3.63, 3.8) is 0 Å². The molecule has 0 radical (unpaired) electrons. The van der Waals surface area contributed by atoms with E-state index in [-0.39, 0.29) is 0 Å². The Morgan fingerprint density at radius 2 is 1.47 bits per heavy atom. The van der Waals surface area contributed by atoms with Crippen molar-refractivity contribution < 1.29 is 0 Å². The Morgan fingerprint density at radius 1 is 0.824 bits per heavy atom. The van der Waals surface area contributed by atoms with Crippen LogP contribution >= 0.6 is 0 Å². The summed E-state index contributed by atoms with van der Waals surface area (Å²) in [5.41, 5.74) is 6.30. The summed E-state index contributed by atoms with van der Waals surface area (Å²) in [5, 5.41) is 3.17. The Bertz CT molecular complexity index is 437. The Labute approximate surface area is 102 Å². The maximum atomic E-state index is 5.18. The van der Waals surface area contributed by atoms with E-state index in [4.69, 9.17) is 5.84 Å². The van der Waals surface area contributed by atoms with Crippen LogP contribution in [0.25, 0.3) is 11.1 Å². The largest absolute Gasteiger partial charge is 0.299 e. The van der Waals surface area contributed by atoms with Crippen LogP contribution in [0.2, 0.25) is 0 Å². The standard InChI is InChI=1S/C14H17N3/c15-17-11-16-10-12-6-8-14(9-7-12)13-4-2-1-3-5-13/h1-9,16-17H,10-11,15H2. The minimum Gasteiger partial charge on any atom is -0.299 e. The average molecular weight is 227 g/mol. The minimum absolute atomic E-state index is 0.612. The lowest BCUT2D eigenvalue weighted by Gasteiger charge is -2.05. The number of rotatable bonds is 5. The molecule has 0 aliphatic heterocycles. The van der Waals surface area contributed by atoms with Gasteiger partial charge in [-0.3, -0.25) is 11.2 Å². The van der Waals surface area contributed by atoms with E-state index >= 15 is 0 Å². The Morgan fingerprint density at radius 3 is 2.12 bits per heavy atom. The molecule has 0 aliphatic rings. The molecule has 0 saturated heterocycles. The zero-order chi connectivity index (χ0) is 11.9. The van der Waals surface area contributed by atoms with Crippen LogP contribution in [0.3, 0.4) is 0 Å².